The molecule has 3 N–H and O–H groups in total. The number of aromatic hydroxyl groups is 2. The zero-order valence-electron chi connectivity index (χ0n) is 14.7. The molecule has 0 radical (unpaired) electrons. The number of fused-ring (bicyclic) bond motifs is 1. The Labute approximate surface area is 169 Å². The number of halogens is 1. The van der Waals surface area contributed by atoms with Crippen LogP contribution in [0.1, 0.15) is 0 Å². The monoisotopic (exact) mass is 456 g/mol. The van der Waals surface area contributed by atoms with Gasteiger partial charge in [0.1, 0.15) is 5.69 Å². The molecule has 0 unspecified atom stereocenters. The lowest BCUT2D eigenvalue weighted by Crippen LogP contribution is -2.29. The Hall–Kier alpha value is -3.30. The average molecular weight is 457 g/mol. The molecule has 9 heteroatoms. The van der Waals surface area contributed by atoms with E-state index in [1.165, 1.54) is 12.1 Å². The third-order valence-electron chi connectivity index (χ3n) is 4.67. The molecule has 0 saturated heterocycles. The van der Waals surface area contributed by atoms with E-state index in [4.69, 9.17) is 5.11 Å². The molecule has 146 valence electrons. The van der Waals surface area contributed by atoms with Crippen LogP contribution in [-0.4, -0.2) is 26.5 Å². The lowest BCUT2D eigenvalue weighted by molar-refractivity contribution is 0.256. The van der Waals surface area contributed by atoms with Crippen LogP contribution in [0.3, 0.4) is 0 Å². The lowest BCUT2D eigenvalue weighted by Gasteiger charge is -2.03. The molecule has 0 atom stereocenters. The summed E-state index contributed by atoms with van der Waals surface area (Å²) in [5.74, 6) is -0.771. The maximum atomic E-state index is 13.1. The van der Waals surface area contributed by atoms with Gasteiger partial charge in [0, 0.05) is 27.4 Å². The quantitative estimate of drug-likeness (QED) is 0.416. The van der Waals surface area contributed by atoms with Crippen molar-refractivity contribution in [1.29, 1.82) is 0 Å². The van der Waals surface area contributed by atoms with Crippen molar-refractivity contribution in [1.82, 2.24) is 4.57 Å². The first kappa shape index (κ1) is 19.0. The number of rotatable bonds is 3. The molecule has 0 aliphatic heterocycles. The van der Waals surface area contributed by atoms with Gasteiger partial charge in [0.2, 0.25) is 5.88 Å². The molecule has 2 aromatic rings. The summed E-state index contributed by atoms with van der Waals surface area (Å²) in [6, 6.07) is 8.48. The highest BCUT2D eigenvalue weighted by atomic mass is 79.9. The molecule has 2 aliphatic rings. The molecular formula is C20H13BrN2O6. The fourth-order valence-electron chi connectivity index (χ4n) is 3.36. The Bertz CT molecular complexity index is 1560. The number of hydrogen-bond donors (Lipinski definition) is 3. The van der Waals surface area contributed by atoms with Crippen molar-refractivity contribution in [3.63, 3.8) is 0 Å². The van der Waals surface area contributed by atoms with Crippen molar-refractivity contribution in [3.8, 4) is 11.8 Å². The van der Waals surface area contributed by atoms with Gasteiger partial charge in [0.05, 0.1) is 28.9 Å². The van der Waals surface area contributed by atoms with Crippen LogP contribution in [0, 0.1) is 10.4 Å². The molecule has 0 bridgehead atoms. The van der Waals surface area contributed by atoms with Crippen LogP contribution in [0.5, 0.6) is 11.8 Å². The average Bonchev–Trinajstić information content (AvgIpc) is 2.96. The van der Waals surface area contributed by atoms with Gasteiger partial charge in [-0.3, -0.25) is 19.0 Å². The van der Waals surface area contributed by atoms with Crippen molar-refractivity contribution in [2.24, 2.45) is 4.99 Å². The van der Waals surface area contributed by atoms with E-state index in [0.717, 1.165) is 16.7 Å². The van der Waals surface area contributed by atoms with Crippen molar-refractivity contribution in [3.05, 3.63) is 87.3 Å². The van der Waals surface area contributed by atoms with Gasteiger partial charge in [-0.25, -0.2) is 4.99 Å². The third kappa shape index (κ3) is 2.86. The van der Waals surface area contributed by atoms with E-state index in [0.29, 0.717) is 0 Å². The fraction of sp³-hybridized carbons (Fsp3) is 0.100. The topological polar surface area (TPSA) is 129 Å². The zero-order chi connectivity index (χ0) is 20.9. The summed E-state index contributed by atoms with van der Waals surface area (Å²) in [7, 11) is 0. The molecule has 2 aliphatic carbocycles. The van der Waals surface area contributed by atoms with Crippen LogP contribution >= 0.6 is 15.9 Å². The van der Waals surface area contributed by atoms with Crippen molar-refractivity contribution in [2.45, 2.75) is 6.54 Å². The zero-order valence-corrected chi connectivity index (χ0v) is 16.3. The van der Waals surface area contributed by atoms with Crippen LogP contribution in [0.25, 0.3) is 10.8 Å². The first-order chi connectivity index (χ1) is 13.8. The second-order valence-corrected chi connectivity index (χ2v) is 7.21. The molecule has 0 fully saturated rings. The highest BCUT2D eigenvalue weighted by molar-refractivity contribution is 9.10. The molecule has 4 rings (SSSR count). The minimum atomic E-state index is -0.622. The van der Waals surface area contributed by atoms with Gasteiger partial charge in [-0.1, -0.05) is 24.3 Å². The highest BCUT2D eigenvalue weighted by Crippen LogP contribution is 2.34. The van der Waals surface area contributed by atoms with Crippen LogP contribution in [0.15, 0.2) is 60.2 Å². The molecule has 0 amide bonds. The summed E-state index contributed by atoms with van der Waals surface area (Å²) in [5.41, 5.74) is -1.82. The molecule has 1 heterocycles. The third-order valence-corrected chi connectivity index (χ3v) is 5.28. The van der Waals surface area contributed by atoms with E-state index in [9.17, 15) is 24.6 Å². The number of aromatic nitrogens is 1. The van der Waals surface area contributed by atoms with E-state index in [1.54, 1.807) is 12.1 Å². The molecule has 8 nitrogen and oxygen atoms in total. The van der Waals surface area contributed by atoms with Gasteiger partial charge in [-0.15, -0.1) is 0 Å². The smallest absolute Gasteiger partial charge is 0.220 e. The Balaban J connectivity index is 2.26. The van der Waals surface area contributed by atoms with Gasteiger partial charge < -0.3 is 15.3 Å². The maximum Gasteiger partial charge on any atom is 0.220 e. The largest absolute Gasteiger partial charge is 0.494 e. The van der Waals surface area contributed by atoms with Crippen LogP contribution in [-0.2, 0) is 6.54 Å². The van der Waals surface area contributed by atoms with Gasteiger partial charge in [0.25, 0.3) is 0 Å². The van der Waals surface area contributed by atoms with Gasteiger partial charge in [-0.05, 0) is 15.9 Å². The SMILES string of the molecule is O=c1cc(Br)c(=Nc2cc(O)n(CCO)c2O)c2c(=O)c3ccccc3c(=O)c1=2. The van der Waals surface area contributed by atoms with Crippen molar-refractivity contribution >= 4 is 32.4 Å². The van der Waals surface area contributed by atoms with E-state index in [1.807, 2.05) is 0 Å². The summed E-state index contributed by atoms with van der Waals surface area (Å²) >= 11 is 3.20. The summed E-state index contributed by atoms with van der Waals surface area (Å²) in [6.07, 6.45) is 0. The number of nitrogens with zero attached hydrogens (tertiary/aromatic N) is 2. The van der Waals surface area contributed by atoms with Gasteiger partial charge >= 0.3 is 0 Å². The normalized spacial score (nSPS) is 12.3. The Morgan fingerprint density at radius 2 is 1.59 bits per heavy atom. The Morgan fingerprint density at radius 1 is 0.966 bits per heavy atom. The van der Waals surface area contributed by atoms with E-state index < -0.39 is 22.2 Å². The summed E-state index contributed by atoms with van der Waals surface area (Å²) in [6.45, 7) is -0.403. The van der Waals surface area contributed by atoms with Crippen LogP contribution in [0.2, 0.25) is 0 Å². The molecule has 1 aromatic heterocycles. The summed E-state index contributed by atoms with van der Waals surface area (Å²) < 4.78 is 1.19. The van der Waals surface area contributed by atoms with E-state index >= 15 is 0 Å². The first-order valence-corrected chi connectivity index (χ1v) is 9.30. The molecule has 29 heavy (non-hydrogen) atoms. The predicted octanol–water partition coefficient (Wildman–Crippen LogP) is 0.721. The number of aliphatic hydroxyl groups excluding tert-OH is 1. The number of hydrogen-bond acceptors (Lipinski definition) is 7. The predicted molar refractivity (Wildman–Crippen MR) is 108 cm³/mol. The van der Waals surface area contributed by atoms with Crippen molar-refractivity contribution in [2.75, 3.05) is 6.61 Å². The van der Waals surface area contributed by atoms with Crippen LogP contribution in [0.4, 0.5) is 5.69 Å². The van der Waals surface area contributed by atoms with Gasteiger partial charge in [-0.2, -0.15) is 0 Å². The molecule has 0 saturated carbocycles. The number of benzene rings is 1. The minimum Gasteiger partial charge on any atom is -0.494 e. The first-order valence-electron chi connectivity index (χ1n) is 8.51. The second-order valence-electron chi connectivity index (χ2n) is 6.36. The maximum absolute atomic E-state index is 13.1. The standard InChI is InChI=1S/C20H13BrN2O6/c21-11-7-13(25)15-16(19(28)10-4-2-1-3-9(10)18(15)27)17(11)22-12-8-14(26)23(5-6-24)20(12)29/h1-4,7-8,24,26,29H,5-6H2. The highest BCUT2D eigenvalue weighted by Gasteiger charge is 2.16. The lowest BCUT2D eigenvalue weighted by atomic mass is 10.0. The summed E-state index contributed by atoms with van der Waals surface area (Å²) in [5, 5.41) is 29.1. The molecule has 0 spiro atoms. The van der Waals surface area contributed by atoms with E-state index in [2.05, 4.69) is 20.9 Å². The minimum absolute atomic E-state index is 0.0103. The second kappa shape index (κ2) is 6.94. The Kier molecular flexibility index (Phi) is 4.56. The fourth-order valence-corrected chi connectivity index (χ4v) is 3.85. The van der Waals surface area contributed by atoms with Crippen molar-refractivity contribution < 1.29 is 15.3 Å². The summed E-state index contributed by atoms with van der Waals surface area (Å²) in [4.78, 5) is 42.7. The van der Waals surface area contributed by atoms with Crippen LogP contribution < -0.4 is 21.6 Å². The Morgan fingerprint density at radius 3 is 2.21 bits per heavy atom. The van der Waals surface area contributed by atoms with E-state index in [-0.39, 0.29) is 55.8 Å². The molecular weight excluding hydrogens is 444 g/mol. The number of aliphatic hydroxyl groups is 1. The molecule has 1 aromatic carbocycles. The van der Waals surface area contributed by atoms with Gasteiger partial charge in [0.15, 0.2) is 22.2 Å².